The number of carbonyl (C=O) groups is 1. The van der Waals surface area contributed by atoms with Crippen LogP contribution in [0.5, 0.6) is 11.5 Å². The molecule has 1 unspecified atom stereocenters. The number of amides is 2. The van der Waals surface area contributed by atoms with Gasteiger partial charge in [-0.05, 0) is 62.1 Å². The molecule has 2 aromatic carbocycles. The van der Waals surface area contributed by atoms with Crippen molar-refractivity contribution in [2.75, 3.05) is 26.1 Å². The van der Waals surface area contributed by atoms with Crippen LogP contribution in [0.4, 0.5) is 10.5 Å². The van der Waals surface area contributed by atoms with Crippen molar-refractivity contribution in [3.63, 3.8) is 0 Å². The molecule has 5 nitrogen and oxygen atoms in total. The molecule has 1 heterocycles. The van der Waals surface area contributed by atoms with Crippen molar-refractivity contribution in [1.82, 2.24) is 4.90 Å². The number of aryl methyl sites for hydroxylation is 2. The normalized spacial score (nSPS) is 16.3. The number of likely N-dealkylation sites (tertiary alicyclic amines) is 1. The summed E-state index contributed by atoms with van der Waals surface area (Å²) in [6.07, 6.45) is 1.87. The van der Waals surface area contributed by atoms with Crippen molar-refractivity contribution < 1.29 is 14.3 Å². The molecule has 0 radical (unpaired) electrons. The third-order valence-corrected chi connectivity index (χ3v) is 5.50. The highest BCUT2D eigenvalue weighted by molar-refractivity contribution is 9.10. The maximum Gasteiger partial charge on any atom is 0.322 e. The number of benzene rings is 2. The molecule has 0 saturated carbocycles. The predicted octanol–water partition coefficient (Wildman–Crippen LogP) is 5.45. The number of rotatable bonds is 4. The topological polar surface area (TPSA) is 50.8 Å². The zero-order valence-corrected chi connectivity index (χ0v) is 17.7. The van der Waals surface area contributed by atoms with E-state index in [9.17, 15) is 4.79 Å². The number of hydrogen-bond acceptors (Lipinski definition) is 3. The fourth-order valence-corrected chi connectivity index (χ4v) is 4.40. The van der Waals surface area contributed by atoms with Crippen LogP contribution in [0.25, 0.3) is 0 Å². The Bertz CT molecular complexity index is 830. The Labute approximate surface area is 168 Å². The second kappa shape index (κ2) is 8.21. The van der Waals surface area contributed by atoms with Crippen molar-refractivity contribution in [2.24, 2.45) is 0 Å². The van der Waals surface area contributed by atoms with Crippen LogP contribution in [0, 0.1) is 13.8 Å². The number of urea groups is 1. The molecule has 0 aromatic heterocycles. The molecule has 1 aliphatic rings. The van der Waals surface area contributed by atoms with Crippen molar-refractivity contribution in [1.29, 1.82) is 0 Å². The molecule has 2 amide bonds. The van der Waals surface area contributed by atoms with Crippen molar-refractivity contribution in [3.05, 3.63) is 51.5 Å². The van der Waals surface area contributed by atoms with Crippen LogP contribution < -0.4 is 14.8 Å². The van der Waals surface area contributed by atoms with Gasteiger partial charge in [-0.25, -0.2) is 4.79 Å². The Morgan fingerprint density at radius 2 is 1.85 bits per heavy atom. The van der Waals surface area contributed by atoms with Crippen molar-refractivity contribution in [2.45, 2.75) is 32.7 Å². The molecule has 1 fully saturated rings. The van der Waals surface area contributed by atoms with Crippen LogP contribution in [0.2, 0.25) is 0 Å². The number of carbonyl (C=O) groups excluding carboxylic acids is 1. The molecular formula is C21H25BrN2O3. The Balaban J connectivity index is 1.86. The summed E-state index contributed by atoms with van der Waals surface area (Å²) in [5, 5.41) is 3.11. The average Bonchev–Trinajstić information content (AvgIpc) is 3.13. The first kappa shape index (κ1) is 19.5. The van der Waals surface area contributed by atoms with Gasteiger partial charge in [0, 0.05) is 28.3 Å². The summed E-state index contributed by atoms with van der Waals surface area (Å²) in [5.74, 6) is 1.49. The van der Waals surface area contributed by atoms with Crippen molar-refractivity contribution >= 4 is 27.6 Å². The van der Waals surface area contributed by atoms with Crippen molar-refractivity contribution in [3.8, 4) is 11.5 Å². The molecule has 144 valence electrons. The van der Waals surface area contributed by atoms with Crippen LogP contribution in [0.1, 0.15) is 35.6 Å². The number of methoxy groups -OCH3 is 2. The van der Waals surface area contributed by atoms with Gasteiger partial charge >= 0.3 is 6.03 Å². The maximum atomic E-state index is 13.0. The summed E-state index contributed by atoms with van der Waals surface area (Å²) in [6.45, 7) is 4.73. The number of nitrogens with zero attached hydrogens (tertiary/aromatic N) is 1. The van der Waals surface area contributed by atoms with Gasteiger partial charge in [0.25, 0.3) is 0 Å². The zero-order valence-electron chi connectivity index (χ0n) is 16.1. The molecule has 1 atom stereocenters. The standard InChI is InChI=1S/C21H25BrN2O3/c1-13-10-15(22)11-14(2)20(13)23-21(25)24-9-5-6-18(24)17-8-7-16(26-3)12-19(17)27-4/h7-8,10-12,18H,5-6,9H2,1-4H3,(H,23,25). The lowest BCUT2D eigenvalue weighted by Gasteiger charge is -2.27. The fourth-order valence-electron chi connectivity index (χ4n) is 3.71. The molecule has 0 aliphatic carbocycles. The lowest BCUT2D eigenvalue weighted by molar-refractivity contribution is 0.206. The summed E-state index contributed by atoms with van der Waals surface area (Å²) in [4.78, 5) is 14.9. The number of nitrogens with one attached hydrogen (secondary N) is 1. The molecule has 1 saturated heterocycles. The zero-order chi connectivity index (χ0) is 19.6. The molecule has 3 rings (SSSR count). The van der Waals surface area contributed by atoms with Gasteiger partial charge < -0.3 is 19.7 Å². The molecule has 6 heteroatoms. The van der Waals surface area contributed by atoms with Crippen LogP contribution in [0.15, 0.2) is 34.8 Å². The Hall–Kier alpha value is -2.21. The molecule has 1 aliphatic heterocycles. The lowest BCUT2D eigenvalue weighted by Crippen LogP contribution is -2.35. The summed E-state index contributed by atoms with van der Waals surface area (Å²) in [7, 11) is 3.28. The van der Waals surface area contributed by atoms with E-state index in [1.54, 1.807) is 14.2 Å². The molecule has 0 bridgehead atoms. The minimum absolute atomic E-state index is 0.0121. The highest BCUT2D eigenvalue weighted by Gasteiger charge is 2.32. The summed E-state index contributed by atoms with van der Waals surface area (Å²) < 4.78 is 11.9. The van der Waals surface area contributed by atoms with Crippen LogP contribution >= 0.6 is 15.9 Å². The van der Waals surface area contributed by atoms with E-state index in [-0.39, 0.29) is 12.1 Å². The highest BCUT2D eigenvalue weighted by atomic mass is 79.9. The Morgan fingerprint density at radius 3 is 2.48 bits per heavy atom. The van der Waals surface area contributed by atoms with E-state index in [1.807, 2.05) is 49.1 Å². The third kappa shape index (κ3) is 4.05. The van der Waals surface area contributed by atoms with Crippen LogP contribution in [-0.4, -0.2) is 31.7 Å². The smallest absolute Gasteiger partial charge is 0.322 e. The Morgan fingerprint density at radius 1 is 1.15 bits per heavy atom. The van der Waals surface area contributed by atoms with E-state index in [2.05, 4.69) is 21.2 Å². The summed E-state index contributed by atoms with van der Waals surface area (Å²) in [6, 6.07) is 9.70. The monoisotopic (exact) mass is 432 g/mol. The van der Waals surface area contributed by atoms with Crippen LogP contribution in [-0.2, 0) is 0 Å². The van der Waals surface area contributed by atoms with E-state index in [1.165, 1.54) is 0 Å². The largest absolute Gasteiger partial charge is 0.497 e. The van der Waals surface area contributed by atoms with Gasteiger partial charge in [0.15, 0.2) is 0 Å². The second-order valence-corrected chi connectivity index (χ2v) is 7.72. The Kier molecular flexibility index (Phi) is 5.95. The van der Waals surface area contributed by atoms with Gasteiger partial charge in [-0.3, -0.25) is 0 Å². The number of ether oxygens (including phenoxy) is 2. The molecular weight excluding hydrogens is 408 g/mol. The van der Waals surface area contributed by atoms with E-state index in [4.69, 9.17) is 9.47 Å². The first-order chi connectivity index (χ1) is 12.9. The number of hydrogen-bond donors (Lipinski definition) is 1. The minimum atomic E-state index is -0.0797. The molecule has 2 aromatic rings. The van der Waals surface area contributed by atoms with E-state index >= 15 is 0 Å². The third-order valence-electron chi connectivity index (χ3n) is 5.04. The number of anilines is 1. The minimum Gasteiger partial charge on any atom is -0.497 e. The quantitative estimate of drug-likeness (QED) is 0.698. The first-order valence-corrected chi connectivity index (χ1v) is 9.80. The van der Waals surface area contributed by atoms with E-state index < -0.39 is 0 Å². The number of halogens is 1. The summed E-state index contributed by atoms with van der Waals surface area (Å²) >= 11 is 3.50. The predicted molar refractivity (Wildman–Crippen MR) is 111 cm³/mol. The van der Waals surface area contributed by atoms with E-state index in [0.717, 1.165) is 57.7 Å². The SMILES string of the molecule is COc1ccc(C2CCCN2C(=O)Nc2c(C)cc(Br)cc2C)c(OC)c1. The molecule has 1 N–H and O–H groups in total. The molecule has 27 heavy (non-hydrogen) atoms. The van der Waals surface area contributed by atoms with Gasteiger partial charge in [-0.2, -0.15) is 0 Å². The van der Waals surface area contributed by atoms with Crippen LogP contribution in [0.3, 0.4) is 0 Å². The van der Waals surface area contributed by atoms with E-state index in [0.29, 0.717) is 0 Å². The fraction of sp³-hybridized carbons (Fsp3) is 0.381. The van der Waals surface area contributed by atoms with Gasteiger partial charge in [0.1, 0.15) is 11.5 Å². The van der Waals surface area contributed by atoms with Gasteiger partial charge in [0.05, 0.1) is 20.3 Å². The first-order valence-electron chi connectivity index (χ1n) is 9.01. The van der Waals surface area contributed by atoms with Gasteiger partial charge in [0.2, 0.25) is 0 Å². The highest BCUT2D eigenvalue weighted by Crippen LogP contribution is 2.39. The molecule has 0 spiro atoms. The maximum absolute atomic E-state index is 13.0. The van der Waals surface area contributed by atoms with Gasteiger partial charge in [-0.15, -0.1) is 0 Å². The summed E-state index contributed by atoms with van der Waals surface area (Å²) in [5.41, 5.74) is 3.95. The lowest BCUT2D eigenvalue weighted by atomic mass is 10.0. The average molecular weight is 433 g/mol. The van der Waals surface area contributed by atoms with Gasteiger partial charge in [-0.1, -0.05) is 15.9 Å². The second-order valence-electron chi connectivity index (χ2n) is 6.80.